The van der Waals surface area contributed by atoms with Crippen LogP contribution < -0.4 is 59.3 Å². The third kappa shape index (κ3) is 22.7. The summed E-state index contributed by atoms with van der Waals surface area (Å²) in [6, 6.07) is -1.22. The van der Waals surface area contributed by atoms with Crippen molar-refractivity contribution in [1.82, 2.24) is 52.8 Å². The average Bonchev–Trinajstić information content (AvgIpc) is 2.90. The van der Waals surface area contributed by atoms with Gasteiger partial charge in [-0.2, -0.15) is 0 Å². The number of likely N-dealkylation sites (tertiary alicyclic amines) is 1. The van der Waals surface area contributed by atoms with Gasteiger partial charge in [0.2, 0.25) is 65.0 Å². The van der Waals surface area contributed by atoms with Crippen LogP contribution in [0.25, 0.3) is 0 Å². The van der Waals surface area contributed by atoms with Gasteiger partial charge in [-0.15, -0.1) is 0 Å². The number of nitrogens with one attached hydrogen (secondary N) is 9. The number of hydrogen-bond acceptors (Lipinski definition) is 18. The molecule has 2 aromatic rings. The number of hydrogen-bond donors (Lipinski definition) is 17. The van der Waals surface area contributed by atoms with Crippen molar-refractivity contribution in [2.24, 2.45) is 23.3 Å². The maximum absolute atomic E-state index is 14.0. The smallest absolute Gasteiger partial charge is 0.326 e. The fourth-order valence-electron chi connectivity index (χ4n) is 8.60. The number of rotatable bonds is 33. The molecule has 1 heterocycles. The summed E-state index contributed by atoms with van der Waals surface area (Å²) in [5.41, 5.74) is 12.7. The van der Waals surface area contributed by atoms with E-state index in [9.17, 15) is 93.0 Å². The molecular weight excluding hydrogens is 1120 g/mol. The lowest BCUT2D eigenvalue weighted by Gasteiger charge is -2.32. The number of amides is 11. The number of aliphatic carboxylic acids is 2. The molecule has 19 N–H and O–H groups in total. The number of carbonyl (C=O) groups excluding carboxylic acids is 11. The minimum atomic E-state index is -1.89. The summed E-state index contributed by atoms with van der Waals surface area (Å²) in [4.78, 5) is 171. The van der Waals surface area contributed by atoms with E-state index in [1.54, 1.807) is 56.3 Å². The number of benzene rings is 2. The summed E-state index contributed by atoms with van der Waals surface area (Å²) >= 11 is 0. The summed E-state index contributed by atoms with van der Waals surface area (Å²) < 4.78 is 0. The molecule has 0 radical (unpaired) electrons. The number of carbonyl (C=O) groups is 13. The topological polar surface area (TPSA) is 507 Å². The predicted molar refractivity (Wildman–Crippen MR) is 297 cm³/mol. The van der Waals surface area contributed by atoms with Crippen molar-refractivity contribution in [1.29, 1.82) is 0 Å². The number of aliphatic hydroxyl groups is 3. The molecule has 3 rings (SSSR count). The lowest BCUT2D eigenvalue weighted by atomic mass is 10.00. The van der Waals surface area contributed by atoms with Crippen molar-refractivity contribution >= 4 is 76.9 Å². The highest BCUT2D eigenvalue weighted by Gasteiger charge is 2.44. The molecule has 1 fully saturated rings. The molecule has 11 amide bonds. The van der Waals surface area contributed by atoms with E-state index in [2.05, 4.69) is 47.9 Å². The number of carboxylic acid groups (broad SMARTS) is 2. The van der Waals surface area contributed by atoms with Gasteiger partial charge in [-0.1, -0.05) is 70.2 Å². The van der Waals surface area contributed by atoms with Crippen LogP contribution in [0.15, 0.2) is 54.6 Å². The van der Waals surface area contributed by atoms with Crippen molar-refractivity contribution in [3.05, 3.63) is 65.7 Å². The molecule has 31 heteroatoms. The second kappa shape index (κ2) is 33.5. The van der Waals surface area contributed by atoms with Gasteiger partial charge in [-0.25, -0.2) is 4.79 Å². The van der Waals surface area contributed by atoms with Crippen LogP contribution in [-0.2, 0) is 75.2 Å². The van der Waals surface area contributed by atoms with E-state index in [4.69, 9.17) is 11.5 Å². The first-order valence-corrected chi connectivity index (χ1v) is 27.1. The number of phenolic OH excluding ortho intramolecular Hbond substituents is 1. The van der Waals surface area contributed by atoms with Crippen LogP contribution in [0.4, 0.5) is 0 Å². The van der Waals surface area contributed by atoms with E-state index in [1.165, 1.54) is 32.9 Å². The minimum absolute atomic E-state index is 0.00169. The third-order valence-corrected chi connectivity index (χ3v) is 13.4. The number of nitrogens with two attached hydrogens (primary N) is 2. The predicted octanol–water partition coefficient (Wildman–Crippen LogP) is -6.01. The standard InChI is InChI=1S/C54H78N12O19/c1-25(2)42(51(81)57-22-40(72)59-37(24-67)49(79)60-34(16-17-41(73)74)47(77)58-27(5)45(75)62-36(54(84)85)19-29-10-8-7-9-11-29)63-48(78)35(21-39(56)71)61-52(82)44(28(6)68)65-50(80)38-20-32(70)23-66(38)53(83)43(26(3)4)64-46(76)33(55)18-30-12-14-31(69)15-13-30/h7-15,25-28,32-38,42-44,67-70H,16-24,55H2,1-6H3,(H2,56,71)(H,57,81)(H,58,77)(H,59,72)(H,60,79)(H,61,82)(H,62,75)(H,63,78)(H,64,76)(H,65,80)(H,73,74)(H,84,85)/t27-,28+,32+,33-,34-,35-,36-,37-,38-,42-,43-,44-/m0/s1. The zero-order chi connectivity index (χ0) is 64.0. The number of phenols is 1. The SMILES string of the molecule is CC(C)[C@H](NC(=O)[C@H](CC(N)=O)NC(=O)[C@@H](NC(=O)[C@@H]1C[C@@H](O)CN1C(=O)[C@@H](NC(=O)[C@@H](N)Cc1ccc(O)cc1)C(C)C)[C@@H](C)O)C(=O)NCC(=O)N[C@@H](CO)C(=O)N[C@@H](CCC(=O)O)C(=O)N[C@@H](C)C(=O)N[C@@H](Cc1ccccc1)C(=O)O. The molecule has 0 spiro atoms. The average molecular weight is 1200 g/mol. The minimum Gasteiger partial charge on any atom is -0.508 e. The fourth-order valence-corrected chi connectivity index (χ4v) is 8.60. The van der Waals surface area contributed by atoms with Crippen LogP contribution in [0.5, 0.6) is 5.75 Å². The largest absolute Gasteiger partial charge is 0.508 e. The Morgan fingerprint density at radius 1 is 0.612 bits per heavy atom. The molecule has 31 nitrogen and oxygen atoms in total. The Labute approximate surface area is 488 Å². The molecule has 0 unspecified atom stereocenters. The Morgan fingerprint density at radius 3 is 1.72 bits per heavy atom. The number of nitrogens with zero attached hydrogens (tertiary/aromatic N) is 1. The van der Waals surface area contributed by atoms with Gasteiger partial charge in [0, 0.05) is 25.8 Å². The van der Waals surface area contributed by atoms with E-state index >= 15 is 0 Å². The van der Waals surface area contributed by atoms with Crippen molar-refractivity contribution in [2.75, 3.05) is 19.7 Å². The molecular formula is C54H78N12O19. The number of β-amino-alcohol motifs (C(OH)–C–C–N with tert-alkyl or cyclic N) is 1. The van der Waals surface area contributed by atoms with Gasteiger partial charge in [0.25, 0.3) is 0 Å². The highest BCUT2D eigenvalue weighted by Crippen LogP contribution is 2.22. The van der Waals surface area contributed by atoms with E-state index in [1.807, 2.05) is 0 Å². The second-order valence-corrected chi connectivity index (χ2v) is 21.1. The van der Waals surface area contributed by atoms with Crippen molar-refractivity contribution in [3.63, 3.8) is 0 Å². The molecule has 0 bridgehead atoms. The number of aromatic hydroxyl groups is 1. The molecule has 1 aliphatic rings. The molecule has 2 aromatic carbocycles. The first-order chi connectivity index (χ1) is 39.8. The normalized spacial score (nSPS) is 17.3. The van der Waals surface area contributed by atoms with Crippen LogP contribution in [0.3, 0.4) is 0 Å². The maximum atomic E-state index is 14.0. The fraction of sp³-hybridized carbons (Fsp3) is 0.537. The van der Waals surface area contributed by atoms with E-state index < -0.39 is 194 Å². The maximum Gasteiger partial charge on any atom is 0.326 e. The Morgan fingerprint density at radius 2 is 1.16 bits per heavy atom. The van der Waals surface area contributed by atoms with E-state index in [0.29, 0.717) is 11.1 Å². The molecule has 0 aromatic heterocycles. The number of primary amides is 1. The van der Waals surface area contributed by atoms with Crippen LogP contribution >= 0.6 is 0 Å². The van der Waals surface area contributed by atoms with Gasteiger partial charge in [-0.3, -0.25) is 57.5 Å². The third-order valence-electron chi connectivity index (χ3n) is 13.4. The summed E-state index contributed by atoms with van der Waals surface area (Å²) in [5, 5.41) is 80.6. The highest BCUT2D eigenvalue weighted by molar-refractivity contribution is 6.00. The Balaban J connectivity index is 1.66. The molecule has 1 aliphatic heterocycles. The van der Waals surface area contributed by atoms with Crippen molar-refractivity contribution in [3.8, 4) is 5.75 Å². The molecule has 12 atom stereocenters. The number of aliphatic hydroxyl groups excluding tert-OH is 3. The van der Waals surface area contributed by atoms with E-state index in [-0.39, 0.29) is 31.6 Å². The summed E-state index contributed by atoms with van der Waals surface area (Å²) in [6.07, 6.45) is -5.52. The van der Waals surface area contributed by atoms with Crippen molar-refractivity contribution in [2.45, 2.75) is 153 Å². The van der Waals surface area contributed by atoms with Gasteiger partial charge < -0.3 is 94.9 Å². The molecule has 0 saturated carbocycles. The van der Waals surface area contributed by atoms with Gasteiger partial charge in [0.1, 0.15) is 60.1 Å². The number of carboxylic acids is 2. The zero-order valence-corrected chi connectivity index (χ0v) is 47.7. The Bertz CT molecular complexity index is 2710. The van der Waals surface area contributed by atoms with Crippen LogP contribution in [0.1, 0.15) is 78.4 Å². The lowest BCUT2D eigenvalue weighted by Crippen LogP contribution is -2.62. The Hall–Kier alpha value is -8.81. The van der Waals surface area contributed by atoms with Gasteiger partial charge in [0.15, 0.2) is 0 Å². The monoisotopic (exact) mass is 1200 g/mol. The van der Waals surface area contributed by atoms with E-state index in [0.717, 1.165) is 11.8 Å². The van der Waals surface area contributed by atoms with Gasteiger partial charge in [-0.05, 0) is 61.8 Å². The summed E-state index contributed by atoms with van der Waals surface area (Å²) in [6.45, 7) is 6.04. The molecule has 1 saturated heterocycles. The first kappa shape index (κ1) is 70.5. The Kier molecular flexibility index (Phi) is 27.7. The second-order valence-electron chi connectivity index (χ2n) is 21.1. The lowest BCUT2D eigenvalue weighted by molar-refractivity contribution is -0.144. The van der Waals surface area contributed by atoms with Crippen LogP contribution in [0.2, 0.25) is 0 Å². The van der Waals surface area contributed by atoms with Crippen molar-refractivity contribution < 1.29 is 93.0 Å². The molecule has 0 aliphatic carbocycles. The molecule has 468 valence electrons. The highest BCUT2D eigenvalue weighted by atomic mass is 16.4. The van der Waals surface area contributed by atoms with Gasteiger partial charge in [0.05, 0.1) is 37.8 Å². The molecule has 85 heavy (non-hydrogen) atoms. The summed E-state index contributed by atoms with van der Waals surface area (Å²) in [7, 11) is 0. The van der Waals surface area contributed by atoms with Crippen LogP contribution in [-0.4, -0.2) is 205 Å². The summed E-state index contributed by atoms with van der Waals surface area (Å²) in [5.74, 6) is -15.7. The first-order valence-electron chi connectivity index (χ1n) is 27.1. The van der Waals surface area contributed by atoms with Gasteiger partial charge >= 0.3 is 11.9 Å². The quantitative estimate of drug-likeness (QED) is 0.0316. The van der Waals surface area contributed by atoms with Crippen LogP contribution in [0, 0.1) is 11.8 Å². The zero-order valence-electron chi connectivity index (χ0n) is 47.7.